The van der Waals surface area contributed by atoms with E-state index in [2.05, 4.69) is 32.3 Å². The Morgan fingerprint density at radius 3 is 2.76 bits per heavy atom. The molecule has 0 radical (unpaired) electrons. The molecule has 0 atom stereocenters. The summed E-state index contributed by atoms with van der Waals surface area (Å²) in [6, 6.07) is 4.92. The minimum atomic E-state index is -3.76. The van der Waals surface area contributed by atoms with Crippen LogP contribution in [0.5, 0.6) is 0 Å². The van der Waals surface area contributed by atoms with Crippen LogP contribution < -0.4 is 5.32 Å². The van der Waals surface area contributed by atoms with E-state index >= 15 is 0 Å². The van der Waals surface area contributed by atoms with Crippen LogP contribution in [0.1, 0.15) is 30.6 Å². The van der Waals surface area contributed by atoms with E-state index in [-0.39, 0.29) is 16.4 Å². The van der Waals surface area contributed by atoms with Gasteiger partial charge < -0.3 is 10.2 Å². The maximum Gasteiger partial charge on any atom is 0.256 e. The number of aromatic amines is 1. The number of fused-ring (bicyclic) bond motifs is 1. The lowest BCUT2D eigenvalue weighted by Gasteiger charge is -2.22. The van der Waals surface area contributed by atoms with Crippen molar-refractivity contribution in [2.24, 2.45) is 0 Å². The zero-order valence-corrected chi connectivity index (χ0v) is 17.3. The van der Waals surface area contributed by atoms with Gasteiger partial charge in [0.15, 0.2) is 5.82 Å². The lowest BCUT2D eigenvalue weighted by Crippen LogP contribution is -2.35. The maximum atomic E-state index is 13.5. The van der Waals surface area contributed by atoms with Crippen molar-refractivity contribution >= 4 is 33.3 Å². The number of aryl methyl sites for hydroxylation is 1. The molecule has 29 heavy (non-hydrogen) atoms. The van der Waals surface area contributed by atoms with E-state index in [4.69, 9.17) is 0 Å². The number of aromatic nitrogens is 3. The Morgan fingerprint density at radius 1 is 1.21 bits per heavy atom. The first-order valence-electron chi connectivity index (χ1n) is 9.68. The third kappa shape index (κ3) is 3.70. The second kappa shape index (κ2) is 7.69. The molecule has 1 saturated heterocycles. The van der Waals surface area contributed by atoms with Crippen LogP contribution in [0.15, 0.2) is 23.1 Å². The molecule has 9 nitrogen and oxygen atoms in total. The van der Waals surface area contributed by atoms with E-state index in [1.165, 1.54) is 10.4 Å². The first-order chi connectivity index (χ1) is 13.9. The summed E-state index contributed by atoms with van der Waals surface area (Å²) in [4.78, 5) is 19.2. The second-order valence-corrected chi connectivity index (χ2v) is 9.07. The lowest BCUT2D eigenvalue weighted by atomic mass is 10.1. The summed E-state index contributed by atoms with van der Waals surface area (Å²) >= 11 is 0. The summed E-state index contributed by atoms with van der Waals surface area (Å²) < 4.78 is 28.5. The SMILES string of the molecule is CCN1CCCN(S(=O)(=O)c2cccc3c2C(=Cc2n[nH]c(C)n2)C(=O)N3)CC1. The summed E-state index contributed by atoms with van der Waals surface area (Å²) in [5, 5.41) is 9.52. The number of hydrogen-bond acceptors (Lipinski definition) is 6. The molecule has 4 rings (SSSR count). The maximum absolute atomic E-state index is 13.5. The third-order valence-corrected chi connectivity index (χ3v) is 7.23. The Balaban J connectivity index is 1.76. The van der Waals surface area contributed by atoms with Crippen molar-refractivity contribution in [2.45, 2.75) is 25.2 Å². The van der Waals surface area contributed by atoms with Gasteiger partial charge in [-0.3, -0.25) is 9.89 Å². The summed E-state index contributed by atoms with van der Waals surface area (Å²) in [7, 11) is -3.76. The number of H-pyrrole nitrogens is 1. The van der Waals surface area contributed by atoms with E-state index in [0.717, 1.165) is 19.5 Å². The number of nitrogens with one attached hydrogen (secondary N) is 2. The van der Waals surface area contributed by atoms with Crippen molar-refractivity contribution < 1.29 is 13.2 Å². The van der Waals surface area contributed by atoms with Crippen LogP contribution >= 0.6 is 0 Å². The molecule has 1 aromatic heterocycles. The smallest absolute Gasteiger partial charge is 0.256 e. The highest BCUT2D eigenvalue weighted by Gasteiger charge is 2.35. The summed E-state index contributed by atoms with van der Waals surface area (Å²) in [6.45, 7) is 7.20. The number of benzene rings is 1. The Kier molecular flexibility index (Phi) is 5.24. The van der Waals surface area contributed by atoms with Gasteiger partial charge in [0.05, 0.1) is 16.2 Å². The highest BCUT2D eigenvalue weighted by Crippen LogP contribution is 2.38. The first kappa shape index (κ1) is 19.7. The van der Waals surface area contributed by atoms with Crippen molar-refractivity contribution in [2.75, 3.05) is 38.0 Å². The molecule has 154 valence electrons. The number of sulfonamides is 1. The van der Waals surface area contributed by atoms with Crippen molar-refractivity contribution in [3.8, 4) is 0 Å². The first-order valence-corrected chi connectivity index (χ1v) is 11.1. The molecule has 3 heterocycles. The van der Waals surface area contributed by atoms with Gasteiger partial charge in [-0.15, -0.1) is 0 Å². The van der Waals surface area contributed by atoms with Gasteiger partial charge in [0.25, 0.3) is 5.91 Å². The third-order valence-electron chi connectivity index (χ3n) is 5.29. The normalized spacial score (nSPS) is 19.9. The molecule has 0 saturated carbocycles. The van der Waals surface area contributed by atoms with Gasteiger partial charge in [-0.05, 0) is 44.6 Å². The minimum absolute atomic E-state index is 0.136. The fourth-order valence-corrected chi connectivity index (χ4v) is 5.46. The summed E-state index contributed by atoms with van der Waals surface area (Å²) in [6.07, 6.45) is 2.30. The number of carbonyl (C=O) groups excluding carboxylic acids is 1. The van der Waals surface area contributed by atoms with Gasteiger partial charge in [-0.2, -0.15) is 9.40 Å². The van der Waals surface area contributed by atoms with Crippen molar-refractivity contribution in [3.05, 3.63) is 35.4 Å². The molecule has 0 bridgehead atoms. The standard InChI is InChI=1S/C19H24N6O3S/c1-3-24-8-5-9-25(11-10-24)29(27,28)16-7-4-6-15-18(16)14(19(26)21-15)12-17-20-13(2)22-23-17/h4,6-7,12H,3,5,8-11H2,1-2H3,(H,21,26)(H,20,22,23). The van der Waals surface area contributed by atoms with E-state index < -0.39 is 10.0 Å². The van der Waals surface area contributed by atoms with Crippen LogP contribution in [0, 0.1) is 6.92 Å². The monoisotopic (exact) mass is 416 g/mol. The summed E-state index contributed by atoms with van der Waals surface area (Å²) in [5.74, 6) is 0.584. The Bertz CT molecular complexity index is 1080. The van der Waals surface area contributed by atoms with Gasteiger partial charge in [0.2, 0.25) is 10.0 Å². The molecule has 0 unspecified atom stereocenters. The predicted octanol–water partition coefficient (Wildman–Crippen LogP) is 1.32. The van der Waals surface area contributed by atoms with E-state index in [1.54, 1.807) is 25.1 Å². The molecule has 1 aromatic carbocycles. The number of anilines is 1. The molecule has 2 aliphatic rings. The van der Waals surface area contributed by atoms with Crippen molar-refractivity contribution in [3.63, 3.8) is 0 Å². The van der Waals surface area contributed by atoms with Gasteiger partial charge in [0, 0.05) is 25.2 Å². The molecule has 2 N–H and O–H groups in total. The van der Waals surface area contributed by atoms with Crippen LogP contribution in [0.3, 0.4) is 0 Å². The molecular formula is C19H24N6O3S. The van der Waals surface area contributed by atoms with Crippen LogP contribution in [-0.2, 0) is 14.8 Å². The van der Waals surface area contributed by atoms with Gasteiger partial charge >= 0.3 is 0 Å². The zero-order chi connectivity index (χ0) is 20.6. The van der Waals surface area contributed by atoms with E-state index in [1.807, 2.05) is 0 Å². The number of rotatable bonds is 4. The molecule has 1 amide bonds. The second-order valence-electron chi connectivity index (χ2n) is 7.16. The van der Waals surface area contributed by atoms with Gasteiger partial charge in [-0.25, -0.2) is 13.4 Å². The fourth-order valence-electron chi connectivity index (χ4n) is 3.77. The largest absolute Gasteiger partial charge is 0.321 e. The number of nitrogens with zero attached hydrogens (tertiary/aromatic N) is 4. The van der Waals surface area contributed by atoms with Crippen LogP contribution in [0.2, 0.25) is 0 Å². The van der Waals surface area contributed by atoms with Crippen LogP contribution in [0.4, 0.5) is 5.69 Å². The van der Waals surface area contributed by atoms with E-state index in [9.17, 15) is 13.2 Å². The van der Waals surface area contributed by atoms with Gasteiger partial charge in [0.1, 0.15) is 5.82 Å². The summed E-state index contributed by atoms with van der Waals surface area (Å²) in [5.41, 5.74) is 1.12. The number of likely N-dealkylation sites (N-methyl/N-ethyl adjacent to an activating group) is 1. The zero-order valence-electron chi connectivity index (χ0n) is 16.5. The average molecular weight is 417 g/mol. The van der Waals surface area contributed by atoms with Gasteiger partial charge in [-0.1, -0.05) is 13.0 Å². The molecule has 2 aliphatic heterocycles. The van der Waals surface area contributed by atoms with Crippen molar-refractivity contribution in [1.82, 2.24) is 24.4 Å². The van der Waals surface area contributed by atoms with E-state index in [0.29, 0.717) is 42.5 Å². The number of hydrogen-bond donors (Lipinski definition) is 2. The minimum Gasteiger partial charge on any atom is -0.321 e. The quantitative estimate of drug-likeness (QED) is 0.727. The molecular weight excluding hydrogens is 392 g/mol. The van der Waals surface area contributed by atoms with Crippen LogP contribution in [-0.4, -0.2) is 71.4 Å². The Morgan fingerprint density at radius 2 is 2.03 bits per heavy atom. The highest BCUT2D eigenvalue weighted by molar-refractivity contribution is 7.89. The molecule has 10 heteroatoms. The van der Waals surface area contributed by atoms with Crippen LogP contribution in [0.25, 0.3) is 11.6 Å². The molecule has 2 aromatic rings. The topological polar surface area (TPSA) is 111 Å². The number of carbonyl (C=O) groups is 1. The Labute approximate surface area is 169 Å². The number of amides is 1. The molecule has 0 spiro atoms. The fraction of sp³-hybridized carbons (Fsp3) is 0.421. The molecule has 0 aliphatic carbocycles. The molecule has 1 fully saturated rings. The van der Waals surface area contributed by atoms with Crippen molar-refractivity contribution in [1.29, 1.82) is 0 Å². The average Bonchev–Trinajstić information content (AvgIpc) is 3.13. The lowest BCUT2D eigenvalue weighted by molar-refractivity contribution is -0.110. The predicted molar refractivity (Wildman–Crippen MR) is 110 cm³/mol. The highest BCUT2D eigenvalue weighted by atomic mass is 32.2. The Hall–Kier alpha value is -2.56.